The minimum Gasteiger partial charge on any atom is -0.454 e. The van der Waals surface area contributed by atoms with Crippen LogP contribution in [0.2, 0.25) is 5.02 Å². The number of rotatable bonds is 3. The number of carbonyl (C=O) groups is 1. The van der Waals surface area contributed by atoms with E-state index in [-0.39, 0.29) is 24.0 Å². The van der Waals surface area contributed by atoms with Crippen LogP contribution in [0.15, 0.2) is 36.4 Å². The number of hydrogen-bond acceptors (Lipinski definition) is 4. The van der Waals surface area contributed by atoms with E-state index in [9.17, 15) is 9.18 Å². The van der Waals surface area contributed by atoms with Crippen LogP contribution in [-0.2, 0) is 11.3 Å². The number of fused-ring (bicyclic) bond motifs is 1. The number of hydrogen-bond donors (Lipinski definition) is 1. The molecule has 2 aromatic carbocycles. The molecule has 0 spiro atoms. The van der Waals surface area contributed by atoms with Crippen molar-refractivity contribution >= 4 is 17.6 Å². The summed E-state index contributed by atoms with van der Waals surface area (Å²) in [5.41, 5.74) is 1.66. The maximum Gasteiger partial charge on any atom is 0.317 e. The van der Waals surface area contributed by atoms with Crippen LogP contribution >= 0.6 is 11.6 Å². The Bertz CT molecular complexity index is 864. The van der Waals surface area contributed by atoms with Gasteiger partial charge in [-0.15, -0.1) is 0 Å². The highest BCUT2D eigenvalue weighted by Crippen LogP contribution is 2.32. The fourth-order valence-corrected chi connectivity index (χ4v) is 3.28. The highest BCUT2D eigenvalue weighted by Gasteiger charge is 2.26. The third-order valence-electron chi connectivity index (χ3n) is 4.55. The molecular weight excluding hydrogens is 375 g/mol. The van der Waals surface area contributed by atoms with Crippen molar-refractivity contribution in [2.24, 2.45) is 0 Å². The molecule has 2 aliphatic heterocycles. The number of urea groups is 1. The van der Waals surface area contributed by atoms with Gasteiger partial charge in [-0.1, -0.05) is 23.7 Å². The molecule has 1 fully saturated rings. The molecule has 142 valence electrons. The van der Waals surface area contributed by atoms with E-state index < -0.39 is 5.82 Å². The highest BCUT2D eigenvalue weighted by atomic mass is 35.5. The van der Waals surface area contributed by atoms with Gasteiger partial charge in [0.25, 0.3) is 0 Å². The summed E-state index contributed by atoms with van der Waals surface area (Å²) in [6, 6.07) is 9.85. The number of morpholine rings is 1. The van der Waals surface area contributed by atoms with Crippen LogP contribution in [-0.4, -0.2) is 37.4 Å². The van der Waals surface area contributed by atoms with Crippen LogP contribution < -0.4 is 14.8 Å². The quantitative estimate of drug-likeness (QED) is 0.868. The van der Waals surface area contributed by atoms with Crippen molar-refractivity contribution in [3.63, 3.8) is 0 Å². The normalized spacial score (nSPS) is 18.4. The van der Waals surface area contributed by atoms with Gasteiger partial charge in [0.15, 0.2) is 11.5 Å². The minimum absolute atomic E-state index is 0.0421. The Hall–Kier alpha value is -2.51. The molecule has 2 aliphatic rings. The summed E-state index contributed by atoms with van der Waals surface area (Å²) in [5, 5.41) is 2.94. The molecule has 27 heavy (non-hydrogen) atoms. The molecule has 0 bridgehead atoms. The standard InChI is InChI=1S/C19H18ClFN2O4/c20-14-8-13(2-3-15(14)21)18-10-23(5-6-25-18)19(24)22-9-12-1-4-16-17(7-12)27-11-26-16/h1-4,7-8,18H,5-6,9-11H2,(H,22,24). The van der Waals surface area contributed by atoms with Crippen molar-refractivity contribution < 1.29 is 23.4 Å². The number of nitrogens with zero attached hydrogens (tertiary/aromatic N) is 1. The minimum atomic E-state index is -0.477. The SMILES string of the molecule is O=C(NCc1ccc2c(c1)OCO2)N1CCOC(c2ccc(F)c(Cl)c2)C1. The first kappa shape index (κ1) is 17.9. The lowest BCUT2D eigenvalue weighted by Gasteiger charge is -2.33. The van der Waals surface area contributed by atoms with Crippen molar-refractivity contribution in [1.82, 2.24) is 10.2 Å². The second kappa shape index (κ2) is 7.62. The summed E-state index contributed by atoms with van der Waals surface area (Å²) in [4.78, 5) is 14.2. The molecule has 1 atom stereocenters. The largest absolute Gasteiger partial charge is 0.454 e. The van der Waals surface area contributed by atoms with Gasteiger partial charge in [0, 0.05) is 13.1 Å². The van der Waals surface area contributed by atoms with Gasteiger partial charge in [0.2, 0.25) is 6.79 Å². The topological polar surface area (TPSA) is 60.0 Å². The molecule has 0 aromatic heterocycles. The zero-order valence-corrected chi connectivity index (χ0v) is 15.2. The first-order valence-corrected chi connectivity index (χ1v) is 8.96. The molecule has 4 rings (SSSR count). The van der Waals surface area contributed by atoms with E-state index in [4.69, 9.17) is 25.8 Å². The monoisotopic (exact) mass is 392 g/mol. The molecule has 2 amide bonds. The Morgan fingerprint density at radius 1 is 1.22 bits per heavy atom. The molecule has 0 aliphatic carbocycles. The highest BCUT2D eigenvalue weighted by molar-refractivity contribution is 6.30. The van der Waals surface area contributed by atoms with E-state index in [1.54, 1.807) is 11.0 Å². The van der Waals surface area contributed by atoms with Gasteiger partial charge in [-0.2, -0.15) is 0 Å². The summed E-state index contributed by atoms with van der Waals surface area (Å²) in [6.45, 7) is 1.85. The van der Waals surface area contributed by atoms with Crippen LogP contribution in [0.5, 0.6) is 11.5 Å². The summed E-state index contributed by atoms with van der Waals surface area (Å²) < 4.78 is 29.7. The molecule has 1 N–H and O–H groups in total. The van der Waals surface area contributed by atoms with Crippen molar-refractivity contribution in [3.8, 4) is 11.5 Å². The lowest BCUT2D eigenvalue weighted by Crippen LogP contribution is -2.46. The maximum atomic E-state index is 13.4. The third-order valence-corrected chi connectivity index (χ3v) is 4.84. The molecule has 1 saturated heterocycles. The predicted octanol–water partition coefficient (Wildman–Crippen LogP) is 3.49. The average molecular weight is 393 g/mol. The van der Waals surface area contributed by atoms with Gasteiger partial charge < -0.3 is 24.4 Å². The summed E-state index contributed by atoms with van der Waals surface area (Å²) in [6.07, 6.45) is -0.340. The maximum absolute atomic E-state index is 13.4. The molecule has 0 radical (unpaired) electrons. The first-order valence-electron chi connectivity index (χ1n) is 8.58. The van der Waals surface area contributed by atoms with Gasteiger partial charge in [-0.3, -0.25) is 0 Å². The van der Waals surface area contributed by atoms with Crippen LogP contribution in [0, 0.1) is 5.82 Å². The lowest BCUT2D eigenvalue weighted by atomic mass is 10.1. The molecule has 6 nitrogen and oxygen atoms in total. The Labute approximate surface area is 160 Å². The first-order chi connectivity index (χ1) is 13.1. The van der Waals surface area contributed by atoms with Gasteiger partial charge in [0.1, 0.15) is 11.9 Å². The van der Waals surface area contributed by atoms with Crippen LogP contribution in [0.25, 0.3) is 0 Å². The molecule has 1 unspecified atom stereocenters. The van der Waals surface area contributed by atoms with E-state index in [2.05, 4.69) is 5.32 Å². The fraction of sp³-hybridized carbons (Fsp3) is 0.316. The lowest BCUT2D eigenvalue weighted by molar-refractivity contribution is -0.0155. The van der Waals surface area contributed by atoms with Gasteiger partial charge in [-0.05, 0) is 35.4 Å². The second-order valence-electron chi connectivity index (χ2n) is 6.33. The molecule has 8 heteroatoms. The van der Waals surface area contributed by atoms with Crippen LogP contribution in [0.1, 0.15) is 17.2 Å². The van der Waals surface area contributed by atoms with Crippen LogP contribution in [0.4, 0.5) is 9.18 Å². The van der Waals surface area contributed by atoms with Crippen LogP contribution in [0.3, 0.4) is 0 Å². The summed E-state index contributed by atoms with van der Waals surface area (Å²) in [5.74, 6) is 0.912. The number of carbonyl (C=O) groups excluding carboxylic acids is 1. The molecule has 2 heterocycles. The Morgan fingerprint density at radius 2 is 2.07 bits per heavy atom. The van der Waals surface area contributed by atoms with Crippen molar-refractivity contribution in [3.05, 3.63) is 58.4 Å². The molecule has 0 saturated carbocycles. The Balaban J connectivity index is 1.36. The van der Waals surface area contributed by atoms with Gasteiger partial charge in [-0.25, -0.2) is 9.18 Å². The predicted molar refractivity (Wildman–Crippen MR) is 96.5 cm³/mol. The van der Waals surface area contributed by atoms with Crippen molar-refractivity contribution in [2.75, 3.05) is 26.5 Å². The summed E-state index contributed by atoms with van der Waals surface area (Å²) in [7, 11) is 0. The number of nitrogens with one attached hydrogen (secondary N) is 1. The second-order valence-corrected chi connectivity index (χ2v) is 6.73. The Morgan fingerprint density at radius 3 is 2.93 bits per heavy atom. The number of benzene rings is 2. The molecule has 2 aromatic rings. The third kappa shape index (κ3) is 3.94. The fourth-order valence-electron chi connectivity index (χ4n) is 3.09. The van der Waals surface area contributed by atoms with Crippen molar-refractivity contribution in [1.29, 1.82) is 0 Å². The van der Waals surface area contributed by atoms with Gasteiger partial charge in [0.05, 0.1) is 18.2 Å². The van der Waals surface area contributed by atoms with Gasteiger partial charge >= 0.3 is 6.03 Å². The van der Waals surface area contributed by atoms with E-state index in [1.807, 2.05) is 18.2 Å². The Kier molecular flexibility index (Phi) is 5.05. The van der Waals surface area contributed by atoms with E-state index in [0.717, 1.165) is 11.1 Å². The number of ether oxygens (including phenoxy) is 3. The van der Waals surface area contributed by atoms with Crippen molar-refractivity contribution in [2.45, 2.75) is 12.6 Å². The number of amides is 2. The zero-order chi connectivity index (χ0) is 18.8. The average Bonchev–Trinajstić information content (AvgIpc) is 3.16. The number of halogens is 2. The van der Waals surface area contributed by atoms with E-state index in [1.165, 1.54) is 12.1 Å². The van der Waals surface area contributed by atoms with E-state index >= 15 is 0 Å². The van der Waals surface area contributed by atoms with E-state index in [0.29, 0.717) is 37.7 Å². The molecular formula is C19H18ClFN2O4. The summed E-state index contributed by atoms with van der Waals surface area (Å²) >= 11 is 5.85. The smallest absolute Gasteiger partial charge is 0.317 e. The zero-order valence-electron chi connectivity index (χ0n) is 14.4.